The topological polar surface area (TPSA) is 84.7 Å². The van der Waals surface area contributed by atoms with E-state index < -0.39 is 0 Å². The summed E-state index contributed by atoms with van der Waals surface area (Å²) in [5.41, 5.74) is 8.06. The Labute approximate surface area is 159 Å². The number of hydrogen-bond donors (Lipinski definition) is 2. The second kappa shape index (κ2) is 8.58. The minimum atomic E-state index is -0.227. The maximum absolute atomic E-state index is 12.5. The molecular weight excluding hydrogens is 342 g/mol. The summed E-state index contributed by atoms with van der Waals surface area (Å²) < 4.78 is 5.21. The Morgan fingerprint density at radius 1 is 1.15 bits per heavy atom. The smallest absolute Gasteiger partial charge is 0.228 e. The molecule has 1 saturated heterocycles. The van der Waals surface area contributed by atoms with Crippen molar-refractivity contribution in [1.29, 1.82) is 0 Å². The van der Waals surface area contributed by atoms with Crippen LogP contribution in [0.2, 0.25) is 0 Å². The summed E-state index contributed by atoms with van der Waals surface area (Å²) in [7, 11) is 1.61. The van der Waals surface area contributed by atoms with Gasteiger partial charge in [-0.15, -0.1) is 0 Å². The Kier molecular flexibility index (Phi) is 5.96. The average Bonchev–Trinajstić information content (AvgIpc) is 2.68. The molecule has 3 rings (SSSR count). The third-order valence-corrected chi connectivity index (χ3v) is 4.91. The van der Waals surface area contributed by atoms with Crippen molar-refractivity contribution >= 4 is 23.2 Å². The van der Waals surface area contributed by atoms with Crippen LogP contribution in [0.3, 0.4) is 0 Å². The fraction of sp³-hybridized carbons (Fsp3) is 0.333. The van der Waals surface area contributed by atoms with Gasteiger partial charge in [0.1, 0.15) is 5.75 Å². The molecule has 1 heterocycles. The zero-order valence-electron chi connectivity index (χ0n) is 15.5. The van der Waals surface area contributed by atoms with Crippen molar-refractivity contribution in [2.24, 2.45) is 11.7 Å². The van der Waals surface area contributed by atoms with Gasteiger partial charge in [-0.2, -0.15) is 0 Å². The van der Waals surface area contributed by atoms with Gasteiger partial charge in [-0.3, -0.25) is 9.59 Å². The molecular formula is C21H25N3O3. The van der Waals surface area contributed by atoms with E-state index >= 15 is 0 Å². The van der Waals surface area contributed by atoms with Gasteiger partial charge in [-0.1, -0.05) is 24.3 Å². The molecule has 6 nitrogen and oxygen atoms in total. The molecule has 0 saturated carbocycles. The first kappa shape index (κ1) is 18.8. The lowest BCUT2D eigenvalue weighted by molar-refractivity contribution is -0.122. The summed E-state index contributed by atoms with van der Waals surface area (Å²) in [4.78, 5) is 26.1. The van der Waals surface area contributed by atoms with Crippen LogP contribution in [0, 0.1) is 5.92 Å². The van der Waals surface area contributed by atoms with E-state index in [0.717, 1.165) is 48.6 Å². The van der Waals surface area contributed by atoms with Crippen LogP contribution >= 0.6 is 0 Å². The number of carbonyl (C=O) groups is 2. The van der Waals surface area contributed by atoms with E-state index in [-0.39, 0.29) is 24.2 Å². The number of nitrogens with one attached hydrogen (secondary N) is 1. The van der Waals surface area contributed by atoms with Gasteiger partial charge in [-0.25, -0.2) is 0 Å². The lowest BCUT2D eigenvalue weighted by Crippen LogP contribution is -2.38. The van der Waals surface area contributed by atoms with E-state index in [4.69, 9.17) is 10.5 Å². The molecule has 0 radical (unpaired) electrons. The van der Waals surface area contributed by atoms with Crippen molar-refractivity contribution in [1.82, 2.24) is 0 Å². The standard InChI is InChI=1S/C21H25N3O3/c1-27-17-6-4-5-15(13-17)14-20(25)23-18-7-2-3-8-19(18)24-11-9-16(10-12-24)21(22)26/h2-8,13,16H,9-12,14H2,1H3,(H2,22,26)(H,23,25). The Morgan fingerprint density at radius 2 is 1.89 bits per heavy atom. The number of para-hydroxylation sites is 2. The summed E-state index contributed by atoms with van der Waals surface area (Å²) in [6.45, 7) is 1.49. The van der Waals surface area contributed by atoms with Crippen LogP contribution in [0.25, 0.3) is 0 Å². The Balaban J connectivity index is 1.67. The molecule has 0 aliphatic carbocycles. The summed E-state index contributed by atoms with van der Waals surface area (Å²) in [6.07, 6.45) is 1.75. The largest absolute Gasteiger partial charge is 0.497 e. The number of nitrogens with zero attached hydrogens (tertiary/aromatic N) is 1. The van der Waals surface area contributed by atoms with Crippen molar-refractivity contribution in [3.8, 4) is 5.75 Å². The van der Waals surface area contributed by atoms with Gasteiger partial charge in [0.05, 0.1) is 24.9 Å². The number of benzene rings is 2. The molecule has 1 aliphatic heterocycles. The minimum absolute atomic E-state index is 0.0592. The Morgan fingerprint density at radius 3 is 2.59 bits per heavy atom. The monoisotopic (exact) mass is 367 g/mol. The quantitative estimate of drug-likeness (QED) is 0.822. The number of rotatable bonds is 6. The van der Waals surface area contributed by atoms with Crippen molar-refractivity contribution in [3.05, 3.63) is 54.1 Å². The molecule has 27 heavy (non-hydrogen) atoms. The van der Waals surface area contributed by atoms with Gasteiger partial charge in [0.15, 0.2) is 0 Å². The van der Waals surface area contributed by atoms with E-state index in [9.17, 15) is 9.59 Å². The molecule has 142 valence electrons. The van der Waals surface area contributed by atoms with Crippen LogP contribution in [0.4, 0.5) is 11.4 Å². The van der Waals surface area contributed by atoms with Crippen LogP contribution in [-0.4, -0.2) is 32.0 Å². The van der Waals surface area contributed by atoms with Gasteiger partial charge in [0.2, 0.25) is 11.8 Å². The van der Waals surface area contributed by atoms with E-state index in [1.165, 1.54) is 0 Å². The molecule has 2 aromatic rings. The SMILES string of the molecule is COc1cccc(CC(=O)Nc2ccccc2N2CCC(C(N)=O)CC2)c1. The summed E-state index contributed by atoms with van der Waals surface area (Å²) >= 11 is 0. The van der Waals surface area contributed by atoms with Crippen molar-refractivity contribution in [3.63, 3.8) is 0 Å². The maximum Gasteiger partial charge on any atom is 0.228 e. The molecule has 2 amide bonds. The molecule has 2 aromatic carbocycles. The molecule has 3 N–H and O–H groups in total. The van der Waals surface area contributed by atoms with E-state index in [1.807, 2.05) is 48.5 Å². The number of amides is 2. The minimum Gasteiger partial charge on any atom is -0.497 e. The number of anilines is 2. The zero-order chi connectivity index (χ0) is 19.2. The number of hydrogen-bond acceptors (Lipinski definition) is 4. The van der Waals surface area contributed by atoms with Gasteiger partial charge >= 0.3 is 0 Å². The molecule has 1 fully saturated rings. The van der Waals surface area contributed by atoms with E-state index in [0.29, 0.717) is 0 Å². The first-order valence-corrected chi connectivity index (χ1v) is 9.13. The predicted octanol–water partition coefficient (Wildman–Crippen LogP) is 2.58. The number of primary amides is 1. The normalized spacial score (nSPS) is 14.6. The van der Waals surface area contributed by atoms with E-state index in [1.54, 1.807) is 7.11 Å². The third kappa shape index (κ3) is 4.78. The van der Waals surface area contributed by atoms with Crippen molar-refractivity contribution in [2.75, 3.05) is 30.4 Å². The molecule has 0 spiro atoms. The predicted molar refractivity (Wildman–Crippen MR) is 106 cm³/mol. The zero-order valence-corrected chi connectivity index (χ0v) is 15.5. The molecule has 6 heteroatoms. The van der Waals surface area contributed by atoms with Crippen LogP contribution in [0.1, 0.15) is 18.4 Å². The fourth-order valence-corrected chi connectivity index (χ4v) is 3.42. The Hall–Kier alpha value is -3.02. The number of ether oxygens (including phenoxy) is 1. The third-order valence-electron chi connectivity index (χ3n) is 4.91. The average molecular weight is 367 g/mol. The summed E-state index contributed by atoms with van der Waals surface area (Å²) in [5.74, 6) is 0.367. The van der Waals surface area contributed by atoms with Gasteiger partial charge < -0.3 is 20.7 Å². The van der Waals surface area contributed by atoms with Crippen LogP contribution in [-0.2, 0) is 16.0 Å². The molecule has 0 atom stereocenters. The van der Waals surface area contributed by atoms with E-state index in [2.05, 4.69) is 10.2 Å². The Bertz CT molecular complexity index is 814. The van der Waals surface area contributed by atoms with Crippen LogP contribution < -0.4 is 20.7 Å². The number of piperidine rings is 1. The van der Waals surface area contributed by atoms with Gasteiger partial charge in [0.25, 0.3) is 0 Å². The highest BCUT2D eigenvalue weighted by Crippen LogP contribution is 2.30. The molecule has 1 aliphatic rings. The first-order chi connectivity index (χ1) is 13.1. The number of carbonyl (C=O) groups excluding carboxylic acids is 2. The second-order valence-electron chi connectivity index (χ2n) is 6.76. The lowest BCUT2D eigenvalue weighted by atomic mass is 9.96. The van der Waals surface area contributed by atoms with Gasteiger partial charge in [0, 0.05) is 19.0 Å². The van der Waals surface area contributed by atoms with Crippen molar-refractivity contribution < 1.29 is 14.3 Å². The van der Waals surface area contributed by atoms with Crippen LogP contribution in [0.15, 0.2) is 48.5 Å². The van der Waals surface area contributed by atoms with Gasteiger partial charge in [-0.05, 0) is 42.7 Å². The highest BCUT2D eigenvalue weighted by molar-refractivity contribution is 5.95. The highest BCUT2D eigenvalue weighted by atomic mass is 16.5. The molecule has 0 unspecified atom stereocenters. The highest BCUT2D eigenvalue weighted by Gasteiger charge is 2.24. The van der Waals surface area contributed by atoms with Crippen molar-refractivity contribution in [2.45, 2.75) is 19.3 Å². The summed E-state index contributed by atoms with van der Waals surface area (Å²) in [5, 5.41) is 3.01. The first-order valence-electron chi connectivity index (χ1n) is 9.13. The molecule has 0 bridgehead atoms. The fourth-order valence-electron chi connectivity index (χ4n) is 3.42. The number of methoxy groups -OCH3 is 1. The lowest BCUT2D eigenvalue weighted by Gasteiger charge is -2.33. The number of nitrogens with two attached hydrogens (primary N) is 1. The van der Waals surface area contributed by atoms with Crippen LogP contribution in [0.5, 0.6) is 5.75 Å². The molecule has 0 aromatic heterocycles. The maximum atomic E-state index is 12.5. The second-order valence-corrected chi connectivity index (χ2v) is 6.76. The summed E-state index contributed by atoms with van der Waals surface area (Å²) in [6, 6.07) is 15.2.